The first-order chi connectivity index (χ1) is 8.24. The van der Waals surface area contributed by atoms with Crippen LogP contribution in [0.5, 0.6) is 0 Å². The summed E-state index contributed by atoms with van der Waals surface area (Å²) in [6.07, 6.45) is 0. The van der Waals surface area contributed by atoms with Gasteiger partial charge in [-0.15, -0.1) is 0 Å². The average molecular weight is 246 g/mol. The molecular weight excluding hydrogens is 232 g/mol. The van der Waals surface area contributed by atoms with Crippen molar-refractivity contribution in [2.45, 2.75) is 6.92 Å². The van der Waals surface area contributed by atoms with E-state index in [1.54, 1.807) is 11.0 Å². The Labute approximate surface area is 104 Å². The SMILES string of the molecule is CCN(C(=O)c1ccsc1)c1ccccc1N. The van der Waals surface area contributed by atoms with Crippen LogP contribution in [0.3, 0.4) is 0 Å². The number of nitrogens with zero attached hydrogens (tertiary/aromatic N) is 1. The van der Waals surface area contributed by atoms with Crippen molar-refractivity contribution in [2.75, 3.05) is 17.2 Å². The van der Waals surface area contributed by atoms with Crippen molar-refractivity contribution in [3.8, 4) is 0 Å². The lowest BCUT2D eigenvalue weighted by Gasteiger charge is -2.22. The summed E-state index contributed by atoms with van der Waals surface area (Å²) in [7, 11) is 0. The van der Waals surface area contributed by atoms with Crippen molar-refractivity contribution in [1.29, 1.82) is 0 Å². The smallest absolute Gasteiger partial charge is 0.259 e. The van der Waals surface area contributed by atoms with Crippen LogP contribution in [0, 0.1) is 0 Å². The Morgan fingerprint density at radius 3 is 2.71 bits per heavy atom. The molecule has 2 aromatic rings. The van der Waals surface area contributed by atoms with Gasteiger partial charge in [0, 0.05) is 11.9 Å². The second-order valence-corrected chi connectivity index (χ2v) is 4.40. The van der Waals surface area contributed by atoms with E-state index in [2.05, 4.69) is 0 Å². The minimum atomic E-state index is -0.00773. The fourth-order valence-electron chi connectivity index (χ4n) is 1.70. The van der Waals surface area contributed by atoms with E-state index in [-0.39, 0.29) is 5.91 Å². The molecule has 0 aliphatic carbocycles. The van der Waals surface area contributed by atoms with E-state index in [4.69, 9.17) is 5.73 Å². The normalized spacial score (nSPS) is 10.2. The minimum absolute atomic E-state index is 0.00773. The molecule has 0 unspecified atom stereocenters. The maximum atomic E-state index is 12.3. The second kappa shape index (κ2) is 5.01. The summed E-state index contributed by atoms with van der Waals surface area (Å²) in [5.74, 6) is -0.00773. The highest BCUT2D eigenvalue weighted by Crippen LogP contribution is 2.24. The zero-order valence-electron chi connectivity index (χ0n) is 9.59. The van der Waals surface area contributed by atoms with Gasteiger partial charge in [-0.05, 0) is 30.5 Å². The van der Waals surface area contributed by atoms with Crippen LogP contribution in [0.1, 0.15) is 17.3 Å². The third-order valence-corrected chi connectivity index (χ3v) is 3.24. The maximum Gasteiger partial charge on any atom is 0.259 e. The van der Waals surface area contributed by atoms with Gasteiger partial charge in [0.25, 0.3) is 5.91 Å². The van der Waals surface area contributed by atoms with E-state index in [0.29, 0.717) is 17.8 Å². The Bertz CT molecular complexity index is 508. The summed E-state index contributed by atoms with van der Waals surface area (Å²) in [6, 6.07) is 9.24. The number of nitrogens with two attached hydrogens (primary N) is 1. The number of amides is 1. The molecule has 0 aliphatic rings. The van der Waals surface area contributed by atoms with Crippen molar-refractivity contribution < 1.29 is 4.79 Å². The first-order valence-corrected chi connectivity index (χ1v) is 6.37. The van der Waals surface area contributed by atoms with E-state index in [9.17, 15) is 4.79 Å². The van der Waals surface area contributed by atoms with Gasteiger partial charge < -0.3 is 10.6 Å². The Kier molecular flexibility index (Phi) is 3.44. The van der Waals surface area contributed by atoms with Crippen LogP contribution < -0.4 is 10.6 Å². The number of rotatable bonds is 3. The summed E-state index contributed by atoms with van der Waals surface area (Å²) in [5, 5.41) is 3.75. The molecule has 4 heteroatoms. The van der Waals surface area contributed by atoms with Crippen LogP contribution >= 0.6 is 11.3 Å². The fraction of sp³-hybridized carbons (Fsp3) is 0.154. The fourth-order valence-corrected chi connectivity index (χ4v) is 2.33. The first-order valence-electron chi connectivity index (χ1n) is 5.42. The summed E-state index contributed by atoms with van der Waals surface area (Å²) < 4.78 is 0. The number of carbonyl (C=O) groups is 1. The Balaban J connectivity index is 2.35. The van der Waals surface area contributed by atoms with Gasteiger partial charge >= 0.3 is 0 Å². The molecule has 17 heavy (non-hydrogen) atoms. The van der Waals surface area contributed by atoms with Gasteiger partial charge in [-0.2, -0.15) is 11.3 Å². The van der Waals surface area contributed by atoms with Gasteiger partial charge in [0.2, 0.25) is 0 Å². The quantitative estimate of drug-likeness (QED) is 0.846. The van der Waals surface area contributed by atoms with Gasteiger partial charge in [-0.25, -0.2) is 0 Å². The van der Waals surface area contributed by atoms with Crippen molar-refractivity contribution in [3.63, 3.8) is 0 Å². The van der Waals surface area contributed by atoms with Crippen LogP contribution in [0.2, 0.25) is 0 Å². The zero-order valence-corrected chi connectivity index (χ0v) is 10.4. The number of para-hydroxylation sites is 2. The molecule has 0 fully saturated rings. The number of hydrogen-bond donors (Lipinski definition) is 1. The number of nitrogen functional groups attached to an aromatic ring is 1. The summed E-state index contributed by atoms with van der Waals surface area (Å²) in [6.45, 7) is 2.54. The molecule has 0 spiro atoms. The highest BCUT2D eigenvalue weighted by molar-refractivity contribution is 7.08. The lowest BCUT2D eigenvalue weighted by atomic mass is 10.2. The summed E-state index contributed by atoms with van der Waals surface area (Å²) >= 11 is 1.52. The van der Waals surface area contributed by atoms with Crippen LogP contribution in [0.25, 0.3) is 0 Å². The number of anilines is 2. The van der Waals surface area contributed by atoms with Crippen molar-refractivity contribution in [1.82, 2.24) is 0 Å². The largest absolute Gasteiger partial charge is 0.397 e. The van der Waals surface area contributed by atoms with E-state index >= 15 is 0 Å². The molecular formula is C13H14N2OS. The van der Waals surface area contributed by atoms with Crippen LogP contribution in [-0.4, -0.2) is 12.5 Å². The Morgan fingerprint density at radius 1 is 1.35 bits per heavy atom. The van der Waals surface area contributed by atoms with Crippen molar-refractivity contribution in [2.24, 2.45) is 0 Å². The molecule has 0 saturated carbocycles. The van der Waals surface area contributed by atoms with Crippen molar-refractivity contribution in [3.05, 3.63) is 46.7 Å². The standard InChI is InChI=1S/C13H14N2OS/c1-2-15(12-6-4-3-5-11(12)14)13(16)10-7-8-17-9-10/h3-9H,2,14H2,1H3. The lowest BCUT2D eigenvalue weighted by molar-refractivity contribution is 0.0989. The van der Waals surface area contributed by atoms with Gasteiger partial charge in [0.1, 0.15) is 0 Å². The lowest BCUT2D eigenvalue weighted by Crippen LogP contribution is -2.30. The van der Waals surface area contributed by atoms with E-state index in [1.165, 1.54) is 11.3 Å². The molecule has 0 aliphatic heterocycles. The average Bonchev–Trinajstić information content (AvgIpc) is 2.86. The van der Waals surface area contributed by atoms with Gasteiger partial charge in [0.15, 0.2) is 0 Å². The summed E-state index contributed by atoms with van der Waals surface area (Å²) in [4.78, 5) is 14.0. The predicted octanol–water partition coefficient (Wildman–Crippen LogP) is 3.00. The van der Waals surface area contributed by atoms with E-state index in [0.717, 1.165) is 5.69 Å². The van der Waals surface area contributed by atoms with Gasteiger partial charge in [-0.3, -0.25) is 4.79 Å². The molecule has 2 N–H and O–H groups in total. The van der Waals surface area contributed by atoms with Crippen LogP contribution in [-0.2, 0) is 0 Å². The number of thiophene rings is 1. The van der Waals surface area contributed by atoms with Crippen LogP contribution in [0.15, 0.2) is 41.1 Å². The number of benzene rings is 1. The second-order valence-electron chi connectivity index (χ2n) is 3.62. The van der Waals surface area contributed by atoms with E-state index in [1.807, 2.05) is 41.9 Å². The molecule has 0 bridgehead atoms. The van der Waals surface area contributed by atoms with Gasteiger partial charge in [-0.1, -0.05) is 12.1 Å². The molecule has 1 aromatic heterocycles. The molecule has 2 rings (SSSR count). The Morgan fingerprint density at radius 2 is 2.12 bits per heavy atom. The van der Waals surface area contributed by atoms with Crippen molar-refractivity contribution >= 4 is 28.6 Å². The molecule has 1 heterocycles. The molecule has 0 saturated heterocycles. The molecule has 3 nitrogen and oxygen atoms in total. The molecule has 1 aromatic carbocycles. The topological polar surface area (TPSA) is 46.3 Å². The monoisotopic (exact) mass is 246 g/mol. The Hall–Kier alpha value is -1.81. The molecule has 88 valence electrons. The molecule has 0 radical (unpaired) electrons. The minimum Gasteiger partial charge on any atom is -0.397 e. The zero-order chi connectivity index (χ0) is 12.3. The highest BCUT2D eigenvalue weighted by Gasteiger charge is 2.17. The number of carbonyl (C=O) groups excluding carboxylic acids is 1. The third kappa shape index (κ3) is 2.31. The van der Waals surface area contributed by atoms with E-state index < -0.39 is 0 Å². The van der Waals surface area contributed by atoms with Gasteiger partial charge in [0.05, 0.1) is 16.9 Å². The predicted molar refractivity (Wildman–Crippen MR) is 72.5 cm³/mol. The van der Waals surface area contributed by atoms with Crippen LogP contribution in [0.4, 0.5) is 11.4 Å². The third-order valence-electron chi connectivity index (χ3n) is 2.56. The first kappa shape index (κ1) is 11.7. The highest BCUT2D eigenvalue weighted by atomic mass is 32.1. The maximum absolute atomic E-state index is 12.3. The number of hydrogen-bond acceptors (Lipinski definition) is 3. The summed E-state index contributed by atoms with van der Waals surface area (Å²) in [5.41, 5.74) is 8.00. The molecule has 0 atom stereocenters. The molecule has 1 amide bonds.